The Balaban J connectivity index is 1.54. The zero-order valence-corrected chi connectivity index (χ0v) is 21.5. The summed E-state index contributed by atoms with van der Waals surface area (Å²) in [4.78, 5) is 2.46. The minimum Gasteiger partial charge on any atom is -0.378 e. The van der Waals surface area contributed by atoms with E-state index in [1.807, 2.05) is 30.3 Å². The van der Waals surface area contributed by atoms with Crippen LogP contribution in [-0.4, -0.2) is 63.6 Å². The smallest absolute Gasteiger partial charge is 0.218 e. The molecule has 1 aromatic carbocycles. The molecule has 1 aliphatic rings. The van der Waals surface area contributed by atoms with E-state index in [2.05, 4.69) is 18.9 Å². The van der Waals surface area contributed by atoms with Crippen molar-refractivity contribution in [3.8, 4) is 0 Å². The fourth-order valence-corrected chi connectivity index (χ4v) is 6.00. The maximum absolute atomic E-state index is 12.8. The fraction of sp³-hybridized carbons (Fsp3) is 0.769. The Bertz CT molecular complexity index is 703. The third kappa shape index (κ3) is 10.3. The summed E-state index contributed by atoms with van der Waals surface area (Å²) in [6, 6.07) is 9.54. The van der Waals surface area contributed by atoms with Crippen molar-refractivity contribution in [3.05, 3.63) is 35.9 Å². The molecule has 0 spiro atoms. The molecule has 2 rings (SSSR count). The Morgan fingerprint density at radius 1 is 0.875 bits per heavy atom. The second kappa shape index (κ2) is 15.0. The monoisotopic (exact) mass is 466 g/mol. The lowest BCUT2D eigenvalue weighted by molar-refractivity contribution is 0.0156. The van der Waals surface area contributed by atoms with Gasteiger partial charge in [0.15, 0.2) is 0 Å². The van der Waals surface area contributed by atoms with Crippen molar-refractivity contribution < 1.29 is 13.2 Å². The van der Waals surface area contributed by atoms with Crippen LogP contribution in [0.15, 0.2) is 30.3 Å². The van der Waals surface area contributed by atoms with Gasteiger partial charge in [0.2, 0.25) is 10.0 Å². The molecule has 0 aromatic heterocycles. The Hall–Kier alpha value is -0.950. The topological polar surface area (TPSA) is 49.9 Å². The highest BCUT2D eigenvalue weighted by Crippen LogP contribution is 2.27. The summed E-state index contributed by atoms with van der Waals surface area (Å²) in [5.74, 6) is 0.0787. The number of ether oxygens (including phenoxy) is 1. The van der Waals surface area contributed by atoms with Gasteiger partial charge in [0.1, 0.15) is 0 Å². The van der Waals surface area contributed by atoms with Gasteiger partial charge in [-0.05, 0) is 70.6 Å². The molecule has 1 aromatic rings. The largest absolute Gasteiger partial charge is 0.378 e. The van der Waals surface area contributed by atoms with E-state index in [1.165, 1.54) is 51.6 Å². The molecule has 0 heterocycles. The van der Waals surface area contributed by atoms with Crippen molar-refractivity contribution in [3.63, 3.8) is 0 Å². The van der Waals surface area contributed by atoms with Crippen LogP contribution in [0, 0.1) is 0 Å². The van der Waals surface area contributed by atoms with Crippen LogP contribution in [0.25, 0.3) is 0 Å². The quantitative estimate of drug-likeness (QED) is 0.304. The third-order valence-electron chi connectivity index (χ3n) is 6.72. The lowest BCUT2D eigenvalue weighted by Crippen LogP contribution is -2.41. The van der Waals surface area contributed by atoms with Crippen molar-refractivity contribution in [1.29, 1.82) is 0 Å². The average molecular weight is 467 g/mol. The fourth-order valence-electron chi connectivity index (χ4n) is 4.52. The molecule has 6 heteroatoms. The van der Waals surface area contributed by atoms with Gasteiger partial charge in [-0.25, -0.2) is 12.7 Å². The number of sulfonamides is 1. The van der Waals surface area contributed by atoms with E-state index >= 15 is 0 Å². The van der Waals surface area contributed by atoms with Crippen LogP contribution in [0.4, 0.5) is 0 Å². The van der Waals surface area contributed by atoms with Crippen LogP contribution < -0.4 is 0 Å². The number of hydrogen-bond acceptors (Lipinski definition) is 4. The van der Waals surface area contributed by atoms with Gasteiger partial charge in [0.05, 0.1) is 11.9 Å². The average Bonchev–Trinajstić information content (AvgIpc) is 2.79. The number of unbranched alkanes of at least 4 members (excludes halogenated alkanes) is 5. The molecule has 1 aliphatic carbocycles. The molecule has 0 N–H and O–H groups in total. The Labute approximate surface area is 197 Å². The highest BCUT2D eigenvalue weighted by Gasteiger charge is 2.30. The second-order valence-electron chi connectivity index (χ2n) is 9.48. The number of hydrogen-bond donors (Lipinski definition) is 0. The molecule has 1 saturated carbocycles. The minimum atomic E-state index is -3.28. The molecular weight excluding hydrogens is 420 g/mol. The molecule has 1 fully saturated rings. The molecule has 0 unspecified atom stereocenters. The summed E-state index contributed by atoms with van der Waals surface area (Å²) in [7, 11) is 0.693. The van der Waals surface area contributed by atoms with Crippen molar-refractivity contribution in [2.24, 2.45) is 0 Å². The molecule has 184 valence electrons. The first-order chi connectivity index (χ1) is 15.4. The highest BCUT2D eigenvalue weighted by molar-refractivity contribution is 7.88. The zero-order chi connectivity index (χ0) is 23.2. The van der Waals surface area contributed by atoms with E-state index in [9.17, 15) is 8.42 Å². The molecule has 0 saturated heterocycles. The van der Waals surface area contributed by atoms with E-state index < -0.39 is 10.0 Å². The second-order valence-corrected chi connectivity index (χ2v) is 11.5. The lowest BCUT2D eigenvalue weighted by Gasteiger charge is -2.34. The molecule has 5 nitrogen and oxygen atoms in total. The van der Waals surface area contributed by atoms with E-state index in [-0.39, 0.29) is 11.8 Å². The Morgan fingerprint density at radius 2 is 1.50 bits per heavy atom. The summed E-state index contributed by atoms with van der Waals surface area (Å²) in [6.45, 7) is 5.52. The van der Waals surface area contributed by atoms with Gasteiger partial charge in [-0.3, -0.25) is 0 Å². The van der Waals surface area contributed by atoms with Gasteiger partial charge in [0, 0.05) is 19.7 Å². The molecule has 0 radical (unpaired) electrons. The van der Waals surface area contributed by atoms with Crippen LogP contribution in [0.1, 0.15) is 83.1 Å². The van der Waals surface area contributed by atoms with E-state index in [0.29, 0.717) is 6.10 Å². The summed E-state index contributed by atoms with van der Waals surface area (Å²) >= 11 is 0. The van der Waals surface area contributed by atoms with Crippen LogP contribution >= 0.6 is 0 Å². The number of rotatable bonds is 16. The van der Waals surface area contributed by atoms with Crippen LogP contribution in [0.5, 0.6) is 0 Å². The first kappa shape index (κ1) is 27.3. The predicted molar refractivity (Wildman–Crippen MR) is 134 cm³/mol. The van der Waals surface area contributed by atoms with Crippen molar-refractivity contribution >= 4 is 10.0 Å². The van der Waals surface area contributed by atoms with E-state index in [4.69, 9.17) is 4.74 Å². The maximum atomic E-state index is 12.8. The summed E-state index contributed by atoms with van der Waals surface area (Å²) in [5, 5.41) is 0. The van der Waals surface area contributed by atoms with Gasteiger partial charge >= 0.3 is 0 Å². The van der Waals surface area contributed by atoms with Crippen molar-refractivity contribution in [2.45, 2.75) is 95.5 Å². The van der Waals surface area contributed by atoms with Crippen molar-refractivity contribution in [1.82, 2.24) is 9.21 Å². The number of benzene rings is 1. The highest BCUT2D eigenvalue weighted by atomic mass is 32.2. The summed E-state index contributed by atoms with van der Waals surface area (Å²) in [6.07, 6.45) is 12.8. The van der Waals surface area contributed by atoms with Gasteiger partial charge < -0.3 is 9.64 Å². The summed E-state index contributed by atoms with van der Waals surface area (Å²) < 4.78 is 33.3. The normalized spacial score (nSPS) is 19.7. The molecule has 0 aliphatic heterocycles. The Morgan fingerprint density at radius 3 is 2.16 bits per heavy atom. The number of nitrogens with zero attached hydrogens (tertiary/aromatic N) is 2. The van der Waals surface area contributed by atoms with Gasteiger partial charge in [-0.2, -0.15) is 0 Å². The SMILES string of the molecule is CCCCCN(C)CCCCCCO[C@H]1CC[C@H](N(C)S(=O)(=O)Cc2ccccc2)CC1. The first-order valence-electron chi connectivity index (χ1n) is 12.7. The van der Waals surface area contributed by atoms with Crippen molar-refractivity contribution in [2.75, 3.05) is 33.8 Å². The third-order valence-corrected chi connectivity index (χ3v) is 8.59. The Kier molecular flexibility index (Phi) is 12.8. The molecule has 0 atom stereocenters. The lowest BCUT2D eigenvalue weighted by atomic mass is 9.93. The van der Waals surface area contributed by atoms with Crippen LogP contribution in [0.3, 0.4) is 0 Å². The summed E-state index contributed by atoms with van der Waals surface area (Å²) in [5.41, 5.74) is 0.847. The van der Waals surface area contributed by atoms with Crippen LogP contribution in [-0.2, 0) is 20.5 Å². The van der Waals surface area contributed by atoms with Gasteiger partial charge in [0.25, 0.3) is 0 Å². The van der Waals surface area contributed by atoms with Crippen LogP contribution in [0.2, 0.25) is 0 Å². The van der Waals surface area contributed by atoms with E-state index in [1.54, 1.807) is 11.4 Å². The molecule has 0 amide bonds. The minimum absolute atomic E-state index is 0.0787. The first-order valence-corrected chi connectivity index (χ1v) is 14.3. The standard InChI is InChI=1S/C26H46N2O3S/c1-4-5-11-20-27(2)21-12-6-7-13-22-31-26-18-16-25(17-19-26)28(3)32(29,30)23-24-14-9-8-10-15-24/h8-10,14-15,25-26H,4-7,11-13,16-23H2,1-3H3/t25-,26-. The molecule has 32 heavy (non-hydrogen) atoms. The van der Waals surface area contributed by atoms with E-state index in [0.717, 1.165) is 44.3 Å². The van der Waals surface area contributed by atoms with Gasteiger partial charge in [-0.15, -0.1) is 0 Å². The molecule has 0 bridgehead atoms. The zero-order valence-electron chi connectivity index (χ0n) is 20.7. The maximum Gasteiger partial charge on any atom is 0.218 e. The predicted octanol–water partition coefficient (Wildman–Crippen LogP) is 5.46. The van der Waals surface area contributed by atoms with Gasteiger partial charge in [-0.1, -0.05) is 62.9 Å². The molecular formula is C26H46N2O3S.